The molecule has 0 spiro atoms. The summed E-state index contributed by atoms with van der Waals surface area (Å²) in [5.41, 5.74) is 3.83. The van der Waals surface area contributed by atoms with Crippen LogP contribution in [0.4, 0.5) is 10.8 Å². The molecule has 0 bridgehead atoms. The minimum Gasteiger partial charge on any atom is -0.378 e. The van der Waals surface area contributed by atoms with Gasteiger partial charge in [0.25, 0.3) is 0 Å². The van der Waals surface area contributed by atoms with E-state index in [1.807, 2.05) is 48.9 Å². The molecule has 0 saturated carbocycles. The molecule has 1 aromatic carbocycles. The van der Waals surface area contributed by atoms with E-state index in [4.69, 9.17) is 9.72 Å². The van der Waals surface area contributed by atoms with E-state index in [9.17, 15) is 4.79 Å². The summed E-state index contributed by atoms with van der Waals surface area (Å²) in [6.45, 7) is 7.73. The Labute approximate surface area is 174 Å². The number of amides is 1. The number of anilines is 2. The van der Waals surface area contributed by atoms with E-state index in [1.165, 1.54) is 0 Å². The molecule has 8 heteroatoms. The molecule has 1 N–H and O–H groups in total. The second-order valence-electron chi connectivity index (χ2n) is 7.24. The highest BCUT2D eigenvalue weighted by molar-refractivity contribution is 7.14. The van der Waals surface area contributed by atoms with E-state index in [0.717, 1.165) is 54.1 Å². The normalized spacial score (nSPS) is 15.3. The topological polar surface area (TPSA) is 72.3 Å². The summed E-state index contributed by atoms with van der Waals surface area (Å²) >= 11 is 1.65. The van der Waals surface area contributed by atoms with Crippen LogP contribution in [0.5, 0.6) is 0 Å². The van der Waals surface area contributed by atoms with Gasteiger partial charge < -0.3 is 15.0 Å². The minimum atomic E-state index is -0.178. The fourth-order valence-electron chi connectivity index (χ4n) is 3.22. The highest BCUT2D eigenvalue weighted by atomic mass is 32.1. The summed E-state index contributed by atoms with van der Waals surface area (Å²) in [7, 11) is 0. The van der Waals surface area contributed by atoms with Gasteiger partial charge >= 0.3 is 0 Å². The standard InChI is InChI=1S/C21H25N5O2S/c1-15(13-26-16(2)7-8-22-26)20(27)23-18-5-3-17(4-6-18)19-14-29-21(24-19)25-9-11-28-12-10-25/h3-8,14-15H,9-13H2,1-2H3,(H,23,27)/t15-/m1/s1. The molecule has 7 nitrogen and oxygen atoms in total. The number of nitrogens with one attached hydrogen (secondary N) is 1. The number of thiazole rings is 1. The molecule has 0 aliphatic carbocycles. The highest BCUT2D eigenvalue weighted by Crippen LogP contribution is 2.28. The zero-order valence-corrected chi connectivity index (χ0v) is 17.5. The molecule has 1 aliphatic heterocycles. The van der Waals surface area contributed by atoms with Crippen LogP contribution < -0.4 is 10.2 Å². The third-order valence-electron chi connectivity index (χ3n) is 5.05. The Morgan fingerprint density at radius 3 is 2.69 bits per heavy atom. The van der Waals surface area contributed by atoms with Crippen LogP contribution in [0.3, 0.4) is 0 Å². The lowest BCUT2D eigenvalue weighted by atomic mass is 10.1. The van der Waals surface area contributed by atoms with Gasteiger partial charge in [-0.2, -0.15) is 5.10 Å². The molecule has 1 aliphatic rings. The third-order valence-corrected chi connectivity index (χ3v) is 5.95. The van der Waals surface area contributed by atoms with Gasteiger partial charge in [0, 0.05) is 41.6 Å². The van der Waals surface area contributed by atoms with Crippen LogP contribution in [0.1, 0.15) is 12.6 Å². The number of hydrogen-bond acceptors (Lipinski definition) is 6. The Morgan fingerprint density at radius 2 is 2.00 bits per heavy atom. The summed E-state index contributed by atoms with van der Waals surface area (Å²) < 4.78 is 7.25. The average molecular weight is 412 g/mol. The first-order chi connectivity index (χ1) is 14.1. The fourth-order valence-corrected chi connectivity index (χ4v) is 4.11. The molecule has 2 aromatic heterocycles. The Hall–Kier alpha value is -2.71. The van der Waals surface area contributed by atoms with Crippen molar-refractivity contribution >= 4 is 28.1 Å². The highest BCUT2D eigenvalue weighted by Gasteiger charge is 2.17. The zero-order valence-electron chi connectivity index (χ0n) is 16.7. The van der Waals surface area contributed by atoms with Crippen molar-refractivity contribution in [1.29, 1.82) is 0 Å². The molecule has 29 heavy (non-hydrogen) atoms. The SMILES string of the molecule is Cc1ccnn1C[C@@H](C)C(=O)Nc1ccc(-c2csc(N3CCOCC3)n2)cc1. The summed E-state index contributed by atoms with van der Waals surface area (Å²) in [5.74, 6) is -0.196. The maximum absolute atomic E-state index is 12.5. The largest absolute Gasteiger partial charge is 0.378 e. The van der Waals surface area contributed by atoms with Crippen molar-refractivity contribution in [2.45, 2.75) is 20.4 Å². The lowest BCUT2D eigenvalue weighted by molar-refractivity contribution is -0.119. The van der Waals surface area contributed by atoms with Gasteiger partial charge in [0.05, 0.1) is 31.4 Å². The van der Waals surface area contributed by atoms with Crippen LogP contribution >= 0.6 is 11.3 Å². The maximum Gasteiger partial charge on any atom is 0.229 e. The van der Waals surface area contributed by atoms with Gasteiger partial charge in [-0.05, 0) is 25.1 Å². The summed E-state index contributed by atoms with van der Waals surface area (Å²) in [6, 6.07) is 9.78. The van der Waals surface area contributed by atoms with Gasteiger partial charge in [0.1, 0.15) is 0 Å². The first kappa shape index (κ1) is 19.6. The lowest BCUT2D eigenvalue weighted by Crippen LogP contribution is -2.36. The lowest BCUT2D eigenvalue weighted by Gasteiger charge is -2.26. The van der Waals surface area contributed by atoms with Crippen LogP contribution in [0.25, 0.3) is 11.3 Å². The number of rotatable bonds is 6. The molecule has 152 valence electrons. The van der Waals surface area contributed by atoms with Gasteiger partial charge in [0.2, 0.25) is 5.91 Å². The van der Waals surface area contributed by atoms with Gasteiger partial charge in [-0.25, -0.2) is 4.98 Å². The minimum absolute atomic E-state index is 0.0177. The molecule has 1 saturated heterocycles. The smallest absolute Gasteiger partial charge is 0.229 e. The van der Waals surface area contributed by atoms with Crippen molar-refractivity contribution in [1.82, 2.24) is 14.8 Å². The number of nitrogens with zero attached hydrogens (tertiary/aromatic N) is 4. The molecule has 1 amide bonds. The summed E-state index contributed by atoms with van der Waals surface area (Å²) in [5, 5.41) is 10.3. The van der Waals surface area contributed by atoms with E-state index < -0.39 is 0 Å². The average Bonchev–Trinajstić information content (AvgIpc) is 3.39. The first-order valence-electron chi connectivity index (χ1n) is 9.78. The number of ether oxygens (including phenoxy) is 1. The van der Waals surface area contributed by atoms with Crippen LogP contribution in [0.2, 0.25) is 0 Å². The molecule has 3 heterocycles. The molecular formula is C21H25N5O2S. The number of carbonyl (C=O) groups is 1. The number of benzene rings is 1. The molecule has 0 radical (unpaired) electrons. The molecule has 0 unspecified atom stereocenters. The Balaban J connectivity index is 1.37. The van der Waals surface area contributed by atoms with Gasteiger partial charge in [-0.1, -0.05) is 19.1 Å². The zero-order chi connectivity index (χ0) is 20.2. The number of aromatic nitrogens is 3. The maximum atomic E-state index is 12.5. The van der Waals surface area contributed by atoms with E-state index in [2.05, 4.69) is 20.7 Å². The monoisotopic (exact) mass is 411 g/mol. The van der Waals surface area contributed by atoms with E-state index in [-0.39, 0.29) is 11.8 Å². The van der Waals surface area contributed by atoms with Crippen LogP contribution in [0.15, 0.2) is 41.9 Å². The Bertz CT molecular complexity index is 960. The van der Waals surface area contributed by atoms with Crippen molar-refractivity contribution < 1.29 is 9.53 Å². The Kier molecular flexibility index (Phi) is 5.92. The third kappa shape index (κ3) is 4.65. The van der Waals surface area contributed by atoms with E-state index in [1.54, 1.807) is 17.5 Å². The van der Waals surface area contributed by atoms with Crippen molar-refractivity contribution in [3.63, 3.8) is 0 Å². The van der Waals surface area contributed by atoms with E-state index >= 15 is 0 Å². The van der Waals surface area contributed by atoms with E-state index in [0.29, 0.717) is 6.54 Å². The van der Waals surface area contributed by atoms with Crippen molar-refractivity contribution in [3.05, 3.63) is 47.6 Å². The Morgan fingerprint density at radius 1 is 1.24 bits per heavy atom. The number of hydrogen-bond donors (Lipinski definition) is 1. The van der Waals surface area contributed by atoms with Crippen molar-refractivity contribution in [2.75, 3.05) is 36.5 Å². The van der Waals surface area contributed by atoms with Crippen LogP contribution in [0, 0.1) is 12.8 Å². The summed E-state index contributed by atoms with van der Waals surface area (Å²) in [6.07, 6.45) is 1.75. The van der Waals surface area contributed by atoms with Crippen LogP contribution in [-0.4, -0.2) is 47.0 Å². The van der Waals surface area contributed by atoms with Gasteiger partial charge in [-0.3, -0.25) is 9.48 Å². The number of morpholine rings is 1. The second-order valence-corrected chi connectivity index (χ2v) is 8.07. The number of aryl methyl sites for hydroxylation is 1. The predicted molar refractivity (Wildman–Crippen MR) is 115 cm³/mol. The predicted octanol–water partition coefficient (Wildman–Crippen LogP) is 3.43. The molecule has 3 aromatic rings. The number of carbonyl (C=O) groups excluding carboxylic acids is 1. The van der Waals surface area contributed by atoms with Crippen LogP contribution in [-0.2, 0) is 16.1 Å². The first-order valence-corrected chi connectivity index (χ1v) is 10.7. The summed E-state index contributed by atoms with van der Waals surface area (Å²) in [4.78, 5) is 19.5. The van der Waals surface area contributed by atoms with Crippen molar-refractivity contribution in [3.8, 4) is 11.3 Å². The quantitative estimate of drug-likeness (QED) is 0.673. The molecule has 1 fully saturated rings. The molecular weight excluding hydrogens is 386 g/mol. The molecule has 1 atom stereocenters. The molecule has 4 rings (SSSR count). The van der Waals surface area contributed by atoms with Gasteiger partial charge in [-0.15, -0.1) is 11.3 Å². The fraction of sp³-hybridized carbons (Fsp3) is 0.381. The van der Waals surface area contributed by atoms with Crippen molar-refractivity contribution in [2.24, 2.45) is 5.92 Å². The van der Waals surface area contributed by atoms with Gasteiger partial charge in [0.15, 0.2) is 5.13 Å². The second kappa shape index (κ2) is 8.75.